The third-order valence-electron chi connectivity index (χ3n) is 1.75. The van der Waals surface area contributed by atoms with Crippen molar-refractivity contribution in [3.05, 3.63) is 0 Å². The van der Waals surface area contributed by atoms with E-state index in [4.69, 9.17) is 0 Å². The lowest BCUT2D eigenvalue weighted by Gasteiger charge is -2.08. The van der Waals surface area contributed by atoms with Gasteiger partial charge < -0.3 is 9.08 Å². The van der Waals surface area contributed by atoms with E-state index in [1.54, 1.807) is 21.1 Å². The largest absolute Gasteiger partial charge is 0.352 e. The average molecular weight is 294 g/mol. The van der Waals surface area contributed by atoms with Crippen LogP contribution >= 0.6 is 11.8 Å². The molecular weight excluding hydrogens is 280 g/mol. The zero-order valence-corrected chi connectivity index (χ0v) is 12.1. The quantitative estimate of drug-likeness (QED) is 0.525. The topological polar surface area (TPSA) is 94.4 Å². The summed E-state index contributed by atoms with van der Waals surface area (Å²) >= 11 is 1.15. The van der Waals surface area contributed by atoms with Crippen LogP contribution in [0.4, 0.5) is 0 Å². The number of aryl methyl sites for hydroxylation is 1. The molecule has 0 saturated carbocycles. The van der Waals surface area contributed by atoms with Gasteiger partial charge in [0, 0.05) is 21.1 Å². The third-order valence-corrected chi connectivity index (χ3v) is 3.21. The lowest BCUT2D eigenvalue weighted by atomic mass is 10.6. The van der Waals surface area contributed by atoms with Crippen molar-refractivity contribution in [3.63, 3.8) is 0 Å². The lowest BCUT2D eigenvalue weighted by molar-refractivity contribution is -0.125. The van der Waals surface area contributed by atoms with Crippen LogP contribution in [-0.4, -0.2) is 60.1 Å². The monoisotopic (exact) mass is 294 g/mol. The normalized spacial score (nSPS) is 11.3. The zero-order chi connectivity index (χ0) is 13.9. The van der Waals surface area contributed by atoms with Gasteiger partial charge in [-0.05, 0) is 0 Å². The summed E-state index contributed by atoms with van der Waals surface area (Å²) in [4.78, 5) is 16.7. The molecule has 1 rings (SSSR count). The molecular formula is C8H14N4O4S2. The summed E-state index contributed by atoms with van der Waals surface area (Å²) in [6, 6.07) is -0.250. The van der Waals surface area contributed by atoms with E-state index < -0.39 is 10.1 Å². The van der Waals surface area contributed by atoms with E-state index in [2.05, 4.69) is 14.3 Å². The van der Waals surface area contributed by atoms with Crippen molar-refractivity contribution in [3.8, 4) is 6.01 Å². The molecule has 10 heteroatoms. The minimum absolute atomic E-state index is 0.0754. The second-order valence-electron chi connectivity index (χ2n) is 3.66. The standard InChI is InChI=1S/C8H14N4O4S2/c1-11(2)6(13)5-17-8-9-7(10-12(8)3)16-18(4,14)15/h5H2,1-4H3. The number of hydrogen-bond acceptors (Lipinski definition) is 7. The van der Waals surface area contributed by atoms with Crippen LogP contribution in [0.15, 0.2) is 5.16 Å². The molecule has 0 unspecified atom stereocenters. The summed E-state index contributed by atoms with van der Waals surface area (Å²) < 4.78 is 27.7. The molecule has 8 nitrogen and oxygen atoms in total. The first kappa shape index (κ1) is 14.8. The van der Waals surface area contributed by atoms with Gasteiger partial charge >= 0.3 is 16.1 Å². The van der Waals surface area contributed by atoms with Gasteiger partial charge in [0.25, 0.3) is 0 Å². The van der Waals surface area contributed by atoms with Gasteiger partial charge in [-0.2, -0.15) is 13.4 Å². The fourth-order valence-corrected chi connectivity index (χ4v) is 2.12. The molecule has 1 heterocycles. The van der Waals surface area contributed by atoms with Crippen molar-refractivity contribution >= 4 is 27.8 Å². The van der Waals surface area contributed by atoms with Crippen molar-refractivity contribution in [1.29, 1.82) is 0 Å². The number of rotatable bonds is 5. The first-order chi connectivity index (χ1) is 8.19. The van der Waals surface area contributed by atoms with Crippen LogP contribution in [-0.2, 0) is 22.0 Å². The second kappa shape index (κ2) is 5.57. The Morgan fingerprint density at radius 3 is 2.61 bits per heavy atom. The summed E-state index contributed by atoms with van der Waals surface area (Å²) in [6.45, 7) is 0. The van der Waals surface area contributed by atoms with Gasteiger partial charge in [-0.25, -0.2) is 4.68 Å². The minimum atomic E-state index is -3.65. The second-order valence-corrected chi connectivity index (χ2v) is 6.18. The smallest absolute Gasteiger partial charge is 0.348 e. The molecule has 0 fully saturated rings. The highest BCUT2D eigenvalue weighted by molar-refractivity contribution is 7.99. The molecule has 102 valence electrons. The number of amides is 1. The van der Waals surface area contributed by atoms with Gasteiger partial charge in [0.2, 0.25) is 5.91 Å². The predicted octanol–water partition coefficient (Wildman–Crippen LogP) is -0.666. The molecule has 1 aromatic heterocycles. The molecule has 0 saturated heterocycles. The van der Waals surface area contributed by atoms with Crippen molar-refractivity contribution in [1.82, 2.24) is 19.7 Å². The highest BCUT2D eigenvalue weighted by Crippen LogP contribution is 2.18. The van der Waals surface area contributed by atoms with E-state index in [1.807, 2.05) is 0 Å². The number of carbonyl (C=O) groups excluding carboxylic acids is 1. The Balaban J connectivity index is 2.71. The maximum atomic E-state index is 11.4. The number of nitrogens with zero attached hydrogens (tertiary/aromatic N) is 4. The van der Waals surface area contributed by atoms with Crippen LogP contribution in [0.1, 0.15) is 0 Å². The van der Waals surface area contributed by atoms with E-state index in [1.165, 1.54) is 9.58 Å². The van der Waals surface area contributed by atoms with Crippen LogP contribution in [0.3, 0.4) is 0 Å². The molecule has 0 aliphatic heterocycles. The Hall–Kier alpha value is -1.29. The first-order valence-corrected chi connectivity index (χ1v) is 7.62. The van der Waals surface area contributed by atoms with E-state index in [0.29, 0.717) is 5.16 Å². The van der Waals surface area contributed by atoms with Crippen molar-refractivity contribution in [2.45, 2.75) is 5.16 Å². The Bertz CT molecular complexity index is 537. The molecule has 0 spiro atoms. The van der Waals surface area contributed by atoms with Crippen LogP contribution in [0, 0.1) is 0 Å². The van der Waals surface area contributed by atoms with Gasteiger partial charge in [0.05, 0.1) is 12.0 Å². The van der Waals surface area contributed by atoms with E-state index >= 15 is 0 Å². The fraction of sp³-hybridized carbons (Fsp3) is 0.625. The number of carbonyl (C=O) groups is 1. The summed E-state index contributed by atoms with van der Waals surface area (Å²) in [5, 5.41) is 4.18. The third kappa shape index (κ3) is 4.53. The van der Waals surface area contributed by atoms with Gasteiger partial charge in [-0.3, -0.25) is 4.79 Å². The Kier molecular flexibility index (Phi) is 4.57. The first-order valence-electron chi connectivity index (χ1n) is 4.82. The van der Waals surface area contributed by atoms with Gasteiger partial charge in [-0.15, -0.1) is 5.10 Å². The van der Waals surface area contributed by atoms with Gasteiger partial charge in [0.1, 0.15) is 0 Å². The van der Waals surface area contributed by atoms with E-state index in [0.717, 1.165) is 18.0 Å². The number of thioether (sulfide) groups is 1. The van der Waals surface area contributed by atoms with E-state index in [-0.39, 0.29) is 17.7 Å². The average Bonchev–Trinajstić information content (AvgIpc) is 2.52. The van der Waals surface area contributed by atoms with Crippen LogP contribution in [0.25, 0.3) is 0 Å². The summed E-state index contributed by atoms with van der Waals surface area (Å²) in [7, 11) is 1.24. The molecule has 1 amide bonds. The number of hydrogen-bond donors (Lipinski definition) is 0. The summed E-state index contributed by atoms with van der Waals surface area (Å²) in [6.07, 6.45) is 0.908. The molecule has 0 radical (unpaired) electrons. The van der Waals surface area contributed by atoms with Gasteiger partial charge in [-0.1, -0.05) is 11.8 Å². The highest BCUT2D eigenvalue weighted by Gasteiger charge is 2.15. The SMILES string of the molecule is CN(C)C(=O)CSc1nc(OS(C)(=O)=O)nn1C. The van der Waals surface area contributed by atoms with Crippen molar-refractivity contribution < 1.29 is 17.4 Å². The highest BCUT2D eigenvalue weighted by atomic mass is 32.2. The minimum Gasteiger partial charge on any atom is -0.348 e. The summed E-state index contributed by atoms with van der Waals surface area (Å²) in [5.74, 6) is 0.117. The molecule has 18 heavy (non-hydrogen) atoms. The number of aromatic nitrogens is 3. The maximum absolute atomic E-state index is 11.4. The molecule has 0 aliphatic rings. The lowest BCUT2D eigenvalue weighted by Crippen LogP contribution is -2.23. The van der Waals surface area contributed by atoms with Crippen molar-refractivity contribution in [2.24, 2.45) is 7.05 Å². The fourth-order valence-electron chi connectivity index (χ4n) is 0.899. The van der Waals surface area contributed by atoms with Crippen LogP contribution in [0.5, 0.6) is 6.01 Å². The Morgan fingerprint density at radius 2 is 2.11 bits per heavy atom. The molecule has 0 aliphatic carbocycles. The molecule has 1 aromatic rings. The Labute approximate surface area is 109 Å². The van der Waals surface area contributed by atoms with E-state index in [9.17, 15) is 13.2 Å². The van der Waals surface area contributed by atoms with Crippen molar-refractivity contribution in [2.75, 3.05) is 26.1 Å². The molecule has 0 aromatic carbocycles. The molecule has 0 bridgehead atoms. The molecule has 0 N–H and O–H groups in total. The maximum Gasteiger partial charge on any atom is 0.352 e. The summed E-state index contributed by atoms with van der Waals surface area (Å²) in [5.41, 5.74) is 0. The van der Waals surface area contributed by atoms with Crippen LogP contribution < -0.4 is 4.18 Å². The zero-order valence-electron chi connectivity index (χ0n) is 10.4. The van der Waals surface area contributed by atoms with Gasteiger partial charge in [0.15, 0.2) is 5.16 Å². The predicted molar refractivity (Wildman–Crippen MR) is 65.9 cm³/mol. The van der Waals surface area contributed by atoms with Crippen LogP contribution in [0.2, 0.25) is 0 Å². The molecule has 0 atom stereocenters. The Morgan fingerprint density at radius 1 is 1.50 bits per heavy atom.